The minimum Gasteiger partial charge on any atom is -0.311 e. The highest BCUT2D eigenvalue weighted by Gasteiger charge is 2.44. The zero-order valence-electron chi connectivity index (χ0n) is 26.8. The molecule has 3 nitrogen and oxygen atoms in total. The molecule has 0 saturated carbocycles. The van der Waals surface area contributed by atoms with Crippen LogP contribution < -0.4 is 25.6 Å². The number of hydrogen-bond acceptors (Lipinski definition) is 3. The molecular weight excluding hydrogens is 569 g/mol. The maximum absolute atomic E-state index is 4.09. The SMILES string of the molecule is C=C/C=C(\C=C/C)N(c1ccccc1)c1cc2c3c(c1)N(C(/C=C\C)=C/C=C)c1ccccc1B3C1=C(C=C=C1)N2c1ccccc1. The topological polar surface area (TPSA) is 9.72 Å². The third kappa shape index (κ3) is 5.06. The molecule has 0 atom stereocenters. The summed E-state index contributed by atoms with van der Waals surface area (Å²) in [6.45, 7) is 12.3. The van der Waals surface area contributed by atoms with Crippen molar-refractivity contribution in [1.29, 1.82) is 0 Å². The van der Waals surface area contributed by atoms with Crippen LogP contribution in [-0.2, 0) is 0 Å². The van der Waals surface area contributed by atoms with Crippen LogP contribution in [0.5, 0.6) is 0 Å². The molecule has 226 valence electrons. The number of rotatable bonds is 9. The third-order valence-corrected chi connectivity index (χ3v) is 8.74. The van der Waals surface area contributed by atoms with Crippen LogP contribution in [0.2, 0.25) is 0 Å². The van der Waals surface area contributed by atoms with Gasteiger partial charge < -0.3 is 14.7 Å². The van der Waals surface area contributed by atoms with Gasteiger partial charge in [-0.05, 0) is 103 Å². The van der Waals surface area contributed by atoms with E-state index < -0.39 is 0 Å². The van der Waals surface area contributed by atoms with E-state index in [0.717, 1.165) is 51.2 Å². The minimum absolute atomic E-state index is 0.0437. The van der Waals surface area contributed by atoms with Crippen LogP contribution in [0.25, 0.3) is 0 Å². The molecule has 0 N–H and O–H groups in total. The molecular formula is C43H36BN3. The summed E-state index contributed by atoms with van der Waals surface area (Å²) in [5.41, 5.74) is 17.1. The summed E-state index contributed by atoms with van der Waals surface area (Å²) in [4.78, 5) is 7.11. The fourth-order valence-electron chi connectivity index (χ4n) is 7.02. The molecule has 0 unspecified atom stereocenters. The molecule has 0 aromatic heterocycles. The van der Waals surface area contributed by atoms with E-state index in [1.165, 1.54) is 16.4 Å². The molecule has 0 spiro atoms. The van der Waals surface area contributed by atoms with Crippen LogP contribution in [0.4, 0.5) is 34.1 Å². The lowest BCUT2D eigenvalue weighted by atomic mass is 9.33. The zero-order valence-corrected chi connectivity index (χ0v) is 26.8. The summed E-state index contributed by atoms with van der Waals surface area (Å²) in [6.07, 6.45) is 20.6. The van der Waals surface area contributed by atoms with Gasteiger partial charge in [-0.3, -0.25) is 0 Å². The lowest BCUT2D eigenvalue weighted by molar-refractivity contribution is 1.15. The van der Waals surface area contributed by atoms with Crippen molar-refractivity contribution in [2.75, 3.05) is 14.7 Å². The third-order valence-electron chi connectivity index (χ3n) is 8.74. The van der Waals surface area contributed by atoms with Crippen LogP contribution in [0.3, 0.4) is 0 Å². The van der Waals surface area contributed by atoms with Gasteiger partial charge in [0.15, 0.2) is 0 Å². The number of benzene rings is 4. The van der Waals surface area contributed by atoms with Crippen molar-refractivity contribution in [3.05, 3.63) is 199 Å². The van der Waals surface area contributed by atoms with Crippen molar-refractivity contribution >= 4 is 51.8 Å². The molecule has 47 heavy (non-hydrogen) atoms. The van der Waals surface area contributed by atoms with Gasteiger partial charge in [0.05, 0.1) is 5.69 Å². The molecule has 3 aliphatic rings. The van der Waals surface area contributed by atoms with Crippen LogP contribution in [0.1, 0.15) is 13.8 Å². The number of nitrogens with zero attached hydrogens (tertiary/aromatic N) is 3. The number of fused-ring (bicyclic) bond motifs is 3. The van der Waals surface area contributed by atoms with Gasteiger partial charge in [0.2, 0.25) is 0 Å². The first-order chi connectivity index (χ1) is 23.2. The number of para-hydroxylation sites is 3. The molecule has 2 aliphatic heterocycles. The molecule has 4 aromatic carbocycles. The van der Waals surface area contributed by atoms with Crippen molar-refractivity contribution in [1.82, 2.24) is 0 Å². The lowest BCUT2D eigenvalue weighted by Crippen LogP contribution is -2.56. The fraction of sp³-hybridized carbons (Fsp3) is 0.0465. The highest BCUT2D eigenvalue weighted by atomic mass is 15.2. The summed E-state index contributed by atoms with van der Waals surface area (Å²) in [6, 6.07) is 34.7. The lowest BCUT2D eigenvalue weighted by Gasteiger charge is -2.44. The molecule has 2 heterocycles. The van der Waals surface area contributed by atoms with E-state index in [4.69, 9.17) is 0 Å². The van der Waals surface area contributed by atoms with Gasteiger partial charge in [-0.1, -0.05) is 92.1 Å². The summed E-state index contributed by atoms with van der Waals surface area (Å²) < 4.78 is 0. The second kappa shape index (κ2) is 12.8. The molecule has 4 heteroatoms. The molecule has 0 saturated heterocycles. The van der Waals surface area contributed by atoms with E-state index in [1.54, 1.807) is 0 Å². The van der Waals surface area contributed by atoms with E-state index in [0.29, 0.717) is 0 Å². The second-order valence-corrected chi connectivity index (χ2v) is 11.5. The average molecular weight is 606 g/mol. The van der Waals surface area contributed by atoms with E-state index in [1.807, 2.05) is 19.1 Å². The smallest absolute Gasteiger partial charge is 0.252 e. The van der Waals surface area contributed by atoms with Gasteiger partial charge in [-0.2, -0.15) is 0 Å². The Balaban J connectivity index is 1.62. The van der Waals surface area contributed by atoms with E-state index in [9.17, 15) is 0 Å². The van der Waals surface area contributed by atoms with Crippen molar-refractivity contribution in [2.45, 2.75) is 13.8 Å². The fourth-order valence-corrected chi connectivity index (χ4v) is 7.02. The van der Waals surface area contributed by atoms with E-state index >= 15 is 0 Å². The Morgan fingerprint density at radius 1 is 0.723 bits per heavy atom. The van der Waals surface area contributed by atoms with Gasteiger partial charge in [0, 0.05) is 51.6 Å². The maximum Gasteiger partial charge on any atom is 0.252 e. The van der Waals surface area contributed by atoms with Crippen LogP contribution >= 0.6 is 0 Å². The highest BCUT2D eigenvalue weighted by molar-refractivity contribution is 6.95. The summed E-state index contributed by atoms with van der Waals surface area (Å²) in [7, 11) is 0. The van der Waals surface area contributed by atoms with Crippen LogP contribution in [-0.4, -0.2) is 6.71 Å². The van der Waals surface area contributed by atoms with Gasteiger partial charge in [-0.25, -0.2) is 0 Å². The van der Waals surface area contributed by atoms with Gasteiger partial charge >= 0.3 is 0 Å². The van der Waals surface area contributed by atoms with Gasteiger partial charge in [0.1, 0.15) is 0 Å². The molecule has 4 aromatic rings. The maximum atomic E-state index is 4.09. The largest absolute Gasteiger partial charge is 0.311 e. The van der Waals surface area contributed by atoms with E-state index in [-0.39, 0.29) is 6.71 Å². The van der Waals surface area contributed by atoms with Gasteiger partial charge in [-0.15, -0.1) is 5.73 Å². The predicted octanol–water partition coefficient (Wildman–Crippen LogP) is 9.85. The Bertz CT molecular complexity index is 2090. The summed E-state index contributed by atoms with van der Waals surface area (Å²) in [5, 5.41) is 0. The Labute approximate surface area is 278 Å². The zero-order chi connectivity index (χ0) is 32.3. The normalized spacial score (nSPS) is 15.0. The number of allylic oxidation sites excluding steroid dienone is 10. The number of anilines is 6. The number of hydrogen-bond donors (Lipinski definition) is 0. The van der Waals surface area contributed by atoms with E-state index in [2.05, 4.69) is 186 Å². The van der Waals surface area contributed by atoms with Crippen molar-refractivity contribution in [2.24, 2.45) is 0 Å². The molecule has 0 radical (unpaired) electrons. The Hall–Kier alpha value is -5.96. The average Bonchev–Trinajstić information content (AvgIpc) is 3.59. The molecule has 0 fully saturated rings. The first kappa shape index (κ1) is 29.7. The summed E-state index contributed by atoms with van der Waals surface area (Å²) >= 11 is 0. The quantitative estimate of drug-likeness (QED) is 0.107. The van der Waals surface area contributed by atoms with Crippen molar-refractivity contribution < 1.29 is 0 Å². The predicted molar refractivity (Wildman–Crippen MR) is 203 cm³/mol. The molecule has 0 bridgehead atoms. The summed E-state index contributed by atoms with van der Waals surface area (Å²) in [5.74, 6) is 0. The first-order valence-electron chi connectivity index (χ1n) is 16.0. The Morgan fingerprint density at radius 2 is 1.40 bits per heavy atom. The molecule has 1 aliphatic carbocycles. The second-order valence-electron chi connectivity index (χ2n) is 11.5. The monoisotopic (exact) mass is 605 g/mol. The Morgan fingerprint density at radius 3 is 2.13 bits per heavy atom. The van der Waals surface area contributed by atoms with Crippen molar-refractivity contribution in [3.63, 3.8) is 0 Å². The molecule has 0 amide bonds. The van der Waals surface area contributed by atoms with Gasteiger partial charge in [0.25, 0.3) is 6.71 Å². The van der Waals surface area contributed by atoms with Crippen molar-refractivity contribution in [3.8, 4) is 0 Å². The standard InChI is InChI=1S/C43H36BN3/c1-5-18-32(19-6-2)45(34-22-11-9-12-23-34)36-30-41-43-42(31-36)47(35-24-13-10-14-25-35)40-29-17-27-38(40)44(43)37-26-15-16-28-39(37)46(41)33(20-7-3)21-8-4/h5-16,18-31H,1,3H2,2,4H3/b19-6-,21-8-,32-18+,33-20+. The molecule has 7 rings (SSSR count). The first-order valence-corrected chi connectivity index (χ1v) is 16.0. The minimum atomic E-state index is 0.0437. The van der Waals surface area contributed by atoms with Crippen LogP contribution in [0.15, 0.2) is 199 Å². The Kier molecular flexibility index (Phi) is 8.10. The van der Waals surface area contributed by atoms with Crippen LogP contribution in [0, 0.1) is 0 Å². The highest BCUT2D eigenvalue weighted by Crippen LogP contribution is 2.47.